The van der Waals surface area contributed by atoms with Crippen molar-refractivity contribution in [2.75, 3.05) is 0 Å². The predicted octanol–water partition coefficient (Wildman–Crippen LogP) is 2.24. The van der Waals surface area contributed by atoms with Crippen molar-refractivity contribution in [3.63, 3.8) is 0 Å². The van der Waals surface area contributed by atoms with Gasteiger partial charge in [0.2, 0.25) is 0 Å². The van der Waals surface area contributed by atoms with Gasteiger partial charge in [0.25, 0.3) is 0 Å². The number of halogens is 2. The monoisotopic (exact) mass is 240 g/mol. The Hall–Kier alpha value is 0.754. The second-order valence-corrected chi connectivity index (χ2v) is 9.42. The highest BCUT2D eigenvalue weighted by Crippen LogP contribution is 2.05. The van der Waals surface area contributed by atoms with Crippen LogP contribution in [-0.2, 0) is 0 Å². The third-order valence-corrected chi connectivity index (χ3v) is 6.35. The first-order valence-electron chi connectivity index (χ1n) is 4.54. The Morgan fingerprint density at radius 1 is 1.33 bits per heavy atom. The van der Waals surface area contributed by atoms with Gasteiger partial charge in [0.05, 0.1) is 14.0 Å². The molecule has 12 heavy (non-hydrogen) atoms. The summed E-state index contributed by atoms with van der Waals surface area (Å²) in [5.41, 5.74) is 3.91. The van der Waals surface area contributed by atoms with Crippen LogP contribution in [0, 0.1) is 0 Å². The molecule has 0 unspecified atom stereocenters. The Morgan fingerprint density at radius 2 is 2.00 bits per heavy atom. The Kier molecular flexibility index (Phi) is 8.88. The fourth-order valence-corrected chi connectivity index (χ4v) is 5.02. The molecular weight excluding hydrogens is 223 g/mol. The molecule has 0 aliphatic rings. The lowest BCUT2D eigenvalue weighted by atomic mass is 10.4. The van der Waals surface area contributed by atoms with Gasteiger partial charge in [-0.3, -0.25) is 0 Å². The first-order chi connectivity index (χ1) is 5.63. The molecule has 0 aromatic heterocycles. The summed E-state index contributed by atoms with van der Waals surface area (Å²) in [4.78, 5) is 0. The lowest BCUT2D eigenvalue weighted by Gasteiger charge is -1.98. The number of hydrogen-bond acceptors (Lipinski definition) is 0. The minimum atomic E-state index is -0.169. The maximum absolute atomic E-state index is 5.67. The van der Waals surface area contributed by atoms with Gasteiger partial charge in [0, 0.05) is 9.52 Å². The topological polar surface area (TPSA) is 0 Å². The summed E-state index contributed by atoms with van der Waals surface area (Å²) in [7, 11) is -0.0759. The van der Waals surface area contributed by atoms with Crippen LogP contribution in [0.5, 0.6) is 0 Å². The van der Waals surface area contributed by atoms with Gasteiger partial charge in [0.1, 0.15) is 0 Å². The molecule has 0 aliphatic heterocycles. The van der Waals surface area contributed by atoms with Crippen LogP contribution in [0.25, 0.3) is 0 Å². The second-order valence-electron chi connectivity index (χ2n) is 3.31. The Balaban J connectivity index is 3.06. The van der Waals surface area contributed by atoms with E-state index in [1.807, 2.05) is 0 Å². The zero-order valence-electron chi connectivity index (χ0n) is 7.95. The van der Waals surface area contributed by atoms with E-state index in [4.69, 9.17) is 23.2 Å². The zero-order valence-corrected chi connectivity index (χ0v) is 12.3. The van der Waals surface area contributed by atoms with E-state index in [9.17, 15) is 0 Å². The third-order valence-electron chi connectivity index (χ3n) is 1.68. The molecule has 0 bridgehead atoms. The van der Waals surface area contributed by atoms with Crippen LogP contribution in [0.15, 0.2) is 11.3 Å². The second kappa shape index (κ2) is 8.36. The molecule has 0 rings (SSSR count). The summed E-state index contributed by atoms with van der Waals surface area (Å²) >= 11 is 11.3. The molecule has 0 saturated carbocycles. The summed E-state index contributed by atoms with van der Waals surface area (Å²) in [5.74, 6) is 0. The minimum absolute atomic E-state index is 0.0184. The average Bonchev–Trinajstić information content (AvgIpc) is 1.95. The van der Waals surface area contributed by atoms with Gasteiger partial charge in [-0.1, -0.05) is 24.1 Å². The molecule has 0 heterocycles. The van der Waals surface area contributed by atoms with Crippen LogP contribution >= 0.6 is 23.2 Å². The van der Waals surface area contributed by atoms with Crippen molar-refractivity contribution in [2.45, 2.75) is 36.8 Å². The van der Waals surface area contributed by atoms with Crippen molar-refractivity contribution >= 4 is 42.2 Å². The quantitative estimate of drug-likeness (QED) is 0.380. The Labute approximate surface area is 90.4 Å². The lowest BCUT2D eigenvalue weighted by molar-refractivity contribution is 1.06. The van der Waals surface area contributed by atoms with E-state index < -0.39 is 0 Å². The third kappa shape index (κ3) is 10.8. The largest absolute Gasteiger partial charge is 0.110 e. The van der Waals surface area contributed by atoms with E-state index >= 15 is 0 Å². The molecule has 0 aromatic rings. The van der Waals surface area contributed by atoms with Gasteiger partial charge in [-0.25, -0.2) is 0 Å². The molecule has 0 N–H and O–H groups in total. The molecule has 0 atom stereocenters. The molecule has 0 aromatic carbocycles. The highest BCUT2D eigenvalue weighted by Gasteiger charge is 1.98. The van der Waals surface area contributed by atoms with Crippen molar-refractivity contribution < 1.29 is 0 Å². The number of hydrogen-bond donors (Lipinski definition) is 0. The first-order valence-corrected chi connectivity index (χ1v) is 9.05. The van der Waals surface area contributed by atoms with Gasteiger partial charge in [-0.2, -0.15) is 0 Å². The van der Waals surface area contributed by atoms with Gasteiger partial charge in [-0.15, -0.1) is 28.9 Å². The highest BCUT2D eigenvalue weighted by atomic mass is 35.5. The zero-order chi connectivity index (χ0) is 9.40. The van der Waals surface area contributed by atoms with Gasteiger partial charge in [0.15, 0.2) is 0 Å². The van der Waals surface area contributed by atoms with Crippen LogP contribution in [0.2, 0.25) is 12.1 Å². The van der Waals surface area contributed by atoms with Crippen molar-refractivity contribution in [1.82, 2.24) is 0 Å². The summed E-state index contributed by atoms with van der Waals surface area (Å²) in [6, 6.07) is 2.75. The van der Waals surface area contributed by atoms with Gasteiger partial charge in [-0.05, 0) is 13.8 Å². The van der Waals surface area contributed by atoms with Crippen molar-refractivity contribution in [2.24, 2.45) is 0 Å². The van der Waals surface area contributed by atoms with Crippen LogP contribution in [-0.4, -0.2) is 23.5 Å². The molecule has 0 saturated heterocycles. The summed E-state index contributed by atoms with van der Waals surface area (Å²) < 4.78 is -0.0184. The van der Waals surface area contributed by atoms with E-state index in [1.165, 1.54) is 24.1 Å². The van der Waals surface area contributed by atoms with Crippen LogP contribution in [0.1, 0.15) is 20.3 Å². The maximum Gasteiger partial charge on any atom is 0.0908 e. The molecule has 0 nitrogen and oxygen atoms in total. The van der Waals surface area contributed by atoms with Crippen LogP contribution in [0.3, 0.4) is 0 Å². The number of alkyl halides is 2. The van der Waals surface area contributed by atoms with Crippen molar-refractivity contribution in [3.05, 3.63) is 11.3 Å². The first kappa shape index (κ1) is 12.8. The molecular formula is C8H18Cl2Si2. The van der Waals surface area contributed by atoms with E-state index in [0.717, 1.165) is 0 Å². The maximum atomic E-state index is 5.67. The molecule has 0 spiro atoms. The smallest absolute Gasteiger partial charge is 0.0908 e. The minimum Gasteiger partial charge on any atom is -0.110 e. The lowest BCUT2D eigenvalue weighted by Crippen LogP contribution is -2.00. The van der Waals surface area contributed by atoms with Crippen molar-refractivity contribution in [3.8, 4) is 0 Å². The normalized spacial score (nSPS) is 12.4. The van der Waals surface area contributed by atoms with E-state index in [1.54, 1.807) is 0 Å². The van der Waals surface area contributed by atoms with Crippen molar-refractivity contribution in [1.29, 1.82) is 0 Å². The van der Waals surface area contributed by atoms with Crippen LogP contribution < -0.4 is 0 Å². The fourth-order valence-electron chi connectivity index (χ4n) is 1.01. The van der Waals surface area contributed by atoms with Gasteiger partial charge < -0.3 is 0 Å². The highest BCUT2D eigenvalue weighted by molar-refractivity contribution is 6.68. The van der Waals surface area contributed by atoms with E-state index in [2.05, 4.69) is 19.5 Å². The van der Waals surface area contributed by atoms with E-state index in [0.29, 0.717) is 0 Å². The standard InChI is InChI=1S/C8H18Cl2Si2/c1-7(2)6-11-4-3-5-12-8(9)10/h6,8H,3-5,11-12H2,1-2H3. The summed E-state index contributed by atoms with van der Waals surface area (Å²) in [5, 5.41) is 0. The predicted molar refractivity (Wildman–Crippen MR) is 66.2 cm³/mol. The number of rotatable bonds is 6. The fraction of sp³-hybridized carbons (Fsp3) is 0.750. The number of allylic oxidation sites excluding steroid dienone is 1. The molecule has 0 aliphatic carbocycles. The van der Waals surface area contributed by atoms with Gasteiger partial charge >= 0.3 is 0 Å². The SMILES string of the molecule is CC(C)=C[SiH2]CCC[SiH2]C(Cl)Cl. The van der Waals surface area contributed by atoms with Crippen LogP contribution in [0.4, 0.5) is 0 Å². The van der Waals surface area contributed by atoms with E-state index in [-0.39, 0.29) is 23.5 Å². The molecule has 0 radical (unpaired) electrons. The Bertz CT molecular complexity index is 131. The average molecular weight is 241 g/mol. The molecule has 4 heteroatoms. The summed E-state index contributed by atoms with van der Waals surface area (Å²) in [6.45, 7) is 4.35. The molecule has 0 amide bonds. The Morgan fingerprint density at radius 3 is 2.50 bits per heavy atom. The molecule has 0 fully saturated rings. The molecule has 72 valence electrons. The summed E-state index contributed by atoms with van der Waals surface area (Å²) in [6.07, 6.45) is 1.36.